The van der Waals surface area contributed by atoms with E-state index in [2.05, 4.69) is 10.3 Å². The second-order valence-electron chi connectivity index (χ2n) is 3.85. The van der Waals surface area contributed by atoms with E-state index in [1.165, 1.54) is 13.3 Å². The molecule has 1 unspecified atom stereocenters. The Labute approximate surface area is 105 Å². The lowest BCUT2D eigenvalue weighted by molar-refractivity contribution is -0.139. The predicted octanol–water partition coefficient (Wildman–Crippen LogP) is 0.610. The summed E-state index contributed by atoms with van der Waals surface area (Å²) in [7, 11) is 1.41. The summed E-state index contributed by atoms with van der Waals surface area (Å²) in [6, 6.07) is 3.40. The zero-order valence-electron chi connectivity index (χ0n) is 10.3. The minimum absolute atomic E-state index is 0.148. The number of aromatic nitrogens is 1. The number of nitrogens with zero attached hydrogens (tertiary/aromatic N) is 1. The smallest absolute Gasteiger partial charge is 0.306 e. The normalized spacial score (nSPS) is 11.9. The van der Waals surface area contributed by atoms with Crippen molar-refractivity contribution < 1.29 is 19.4 Å². The van der Waals surface area contributed by atoms with Crippen molar-refractivity contribution in [2.24, 2.45) is 0 Å². The van der Waals surface area contributed by atoms with Crippen LogP contribution in [-0.4, -0.2) is 41.7 Å². The third-order valence-corrected chi connectivity index (χ3v) is 2.40. The van der Waals surface area contributed by atoms with E-state index < -0.39 is 12.1 Å². The van der Waals surface area contributed by atoms with Gasteiger partial charge in [0.05, 0.1) is 18.1 Å². The van der Waals surface area contributed by atoms with Gasteiger partial charge in [-0.2, -0.15) is 0 Å². The van der Waals surface area contributed by atoms with Gasteiger partial charge >= 0.3 is 5.97 Å². The van der Waals surface area contributed by atoms with E-state index in [1.807, 2.05) is 6.92 Å². The first-order valence-corrected chi connectivity index (χ1v) is 5.48. The largest absolute Gasteiger partial charge is 0.481 e. The van der Waals surface area contributed by atoms with Crippen LogP contribution in [0.15, 0.2) is 18.3 Å². The molecule has 1 atom stereocenters. The van der Waals surface area contributed by atoms with Gasteiger partial charge < -0.3 is 15.2 Å². The Morgan fingerprint density at radius 3 is 2.72 bits per heavy atom. The molecule has 0 radical (unpaired) electrons. The molecule has 0 bridgehead atoms. The molecule has 18 heavy (non-hydrogen) atoms. The second-order valence-corrected chi connectivity index (χ2v) is 3.85. The number of carbonyl (C=O) groups excluding carboxylic acids is 1. The molecule has 2 N–H and O–H groups in total. The van der Waals surface area contributed by atoms with Gasteiger partial charge in [0.2, 0.25) is 0 Å². The van der Waals surface area contributed by atoms with E-state index in [0.717, 1.165) is 5.69 Å². The number of hydrogen-bond acceptors (Lipinski definition) is 4. The molecule has 0 aliphatic rings. The number of rotatable bonds is 6. The van der Waals surface area contributed by atoms with Crippen molar-refractivity contribution in [3.05, 3.63) is 29.6 Å². The van der Waals surface area contributed by atoms with Crippen molar-refractivity contribution in [1.82, 2.24) is 10.3 Å². The van der Waals surface area contributed by atoms with E-state index in [1.54, 1.807) is 12.1 Å². The molecule has 1 heterocycles. The van der Waals surface area contributed by atoms with Crippen molar-refractivity contribution in [3.8, 4) is 0 Å². The lowest BCUT2D eigenvalue weighted by atomic mass is 10.2. The first kappa shape index (κ1) is 14.1. The van der Waals surface area contributed by atoms with Crippen LogP contribution in [0.3, 0.4) is 0 Å². The summed E-state index contributed by atoms with van der Waals surface area (Å²) in [6.07, 6.45) is 0.789. The quantitative estimate of drug-likeness (QED) is 0.774. The number of hydrogen-bond donors (Lipinski definition) is 2. The van der Waals surface area contributed by atoms with Gasteiger partial charge in [-0.25, -0.2) is 0 Å². The van der Waals surface area contributed by atoms with Crippen LogP contribution in [0.5, 0.6) is 0 Å². The molecule has 0 spiro atoms. The van der Waals surface area contributed by atoms with E-state index >= 15 is 0 Å². The molecule has 0 aromatic carbocycles. The summed E-state index contributed by atoms with van der Waals surface area (Å²) < 4.78 is 4.96. The molecule has 0 saturated carbocycles. The van der Waals surface area contributed by atoms with Crippen molar-refractivity contribution in [1.29, 1.82) is 0 Å². The van der Waals surface area contributed by atoms with Crippen molar-refractivity contribution in [2.75, 3.05) is 13.7 Å². The van der Waals surface area contributed by atoms with Gasteiger partial charge in [0.25, 0.3) is 5.91 Å². The maximum atomic E-state index is 11.7. The number of amides is 1. The highest BCUT2D eigenvalue weighted by Crippen LogP contribution is 2.00. The molecule has 1 aromatic heterocycles. The number of aryl methyl sites for hydroxylation is 1. The Balaban J connectivity index is 2.49. The van der Waals surface area contributed by atoms with Crippen LogP contribution in [-0.2, 0) is 9.53 Å². The van der Waals surface area contributed by atoms with Gasteiger partial charge in [0, 0.05) is 25.5 Å². The summed E-state index contributed by atoms with van der Waals surface area (Å²) in [5, 5.41) is 11.2. The average molecular weight is 252 g/mol. The van der Waals surface area contributed by atoms with E-state index in [0.29, 0.717) is 5.56 Å². The van der Waals surface area contributed by atoms with Crippen LogP contribution >= 0.6 is 0 Å². The van der Waals surface area contributed by atoms with Crippen LogP contribution in [0, 0.1) is 6.92 Å². The molecular weight excluding hydrogens is 236 g/mol. The monoisotopic (exact) mass is 252 g/mol. The fraction of sp³-hybridized carbons (Fsp3) is 0.417. The third-order valence-electron chi connectivity index (χ3n) is 2.40. The van der Waals surface area contributed by atoms with Crippen LogP contribution in [0.1, 0.15) is 22.5 Å². The summed E-state index contributed by atoms with van der Waals surface area (Å²) >= 11 is 0. The maximum Gasteiger partial charge on any atom is 0.306 e. The molecule has 0 aliphatic carbocycles. The number of carbonyl (C=O) groups is 2. The minimum atomic E-state index is -0.965. The van der Waals surface area contributed by atoms with Crippen LogP contribution < -0.4 is 5.32 Å². The van der Waals surface area contributed by atoms with Gasteiger partial charge in [-0.1, -0.05) is 0 Å². The highest BCUT2D eigenvalue weighted by Gasteiger charge is 2.14. The Hall–Kier alpha value is -1.95. The number of carboxylic acid groups (broad SMARTS) is 1. The van der Waals surface area contributed by atoms with Gasteiger partial charge in [0.1, 0.15) is 0 Å². The highest BCUT2D eigenvalue weighted by molar-refractivity contribution is 5.93. The van der Waals surface area contributed by atoms with Crippen molar-refractivity contribution in [2.45, 2.75) is 19.4 Å². The Morgan fingerprint density at radius 1 is 1.50 bits per heavy atom. The van der Waals surface area contributed by atoms with Crippen LogP contribution in [0.25, 0.3) is 0 Å². The number of ether oxygens (including phenoxy) is 1. The Bertz CT molecular complexity index is 417. The zero-order valence-corrected chi connectivity index (χ0v) is 10.3. The summed E-state index contributed by atoms with van der Waals surface area (Å²) in [6.45, 7) is 1.98. The highest BCUT2D eigenvalue weighted by atomic mass is 16.5. The first-order chi connectivity index (χ1) is 8.52. The average Bonchev–Trinajstić information content (AvgIpc) is 2.34. The summed E-state index contributed by atoms with van der Waals surface area (Å²) in [5.41, 5.74) is 1.26. The molecular formula is C12H16N2O4. The number of nitrogens with one attached hydrogen (secondary N) is 1. The zero-order chi connectivity index (χ0) is 13.5. The fourth-order valence-corrected chi connectivity index (χ4v) is 1.34. The van der Waals surface area contributed by atoms with Gasteiger partial charge in [-0.05, 0) is 19.1 Å². The Kier molecular flexibility index (Phi) is 5.26. The topological polar surface area (TPSA) is 88.5 Å². The van der Waals surface area contributed by atoms with E-state index in [4.69, 9.17) is 9.84 Å². The van der Waals surface area contributed by atoms with Gasteiger partial charge in [-0.3, -0.25) is 14.6 Å². The fourth-order valence-electron chi connectivity index (χ4n) is 1.34. The molecule has 1 aromatic rings. The van der Waals surface area contributed by atoms with Gasteiger partial charge in [0.15, 0.2) is 0 Å². The number of methoxy groups -OCH3 is 1. The predicted molar refractivity (Wildman–Crippen MR) is 64.4 cm³/mol. The number of aliphatic carboxylic acids is 1. The lowest BCUT2D eigenvalue weighted by Crippen LogP contribution is -2.34. The minimum Gasteiger partial charge on any atom is -0.481 e. The van der Waals surface area contributed by atoms with Crippen molar-refractivity contribution in [3.63, 3.8) is 0 Å². The van der Waals surface area contributed by atoms with Crippen LogP contribution in [0.4, 0.5) is 0 Å². The van der Waals surface area contributed by atoms with Gasteiger partial charge in [-0.15, -0.1) is 0 Å². The van der Waals surface area contributed by atoms with E-state index in [9.17, 15) is 9.59 Å². The molecule has 0 fully saturated rings. The molecule has 1 amide bonds. The van der Waals surface area contributed by atoms with Crippen LogP contribution in [0.2, 0.25) is 0 Å². The van der Waals surface area contributed by atoms with E-state index in [-0.39, 0.29) is 18.9 Å². The number of carboxylic acids is 1. The number of pyridine rings is 1. The lowest BCUT2D eigenvalue weighted by Gasteiger charge is -2.13. The summed E-state index contributed by atoms with van der Waals surface area (Å²) in [4.78, 5) is 26.2. The molecule has 0 saturated heterocycles. The Morgan fingerprint density at radius 2 is 2.22 bits per heavy atom. The molecule has 6 heteroatoms. The molecule has 0 aliphatic heterocycles. The molecule has 6 nitrogen and oxygen atoms in total. The third kappa shape index (κ3) is 4.50. The molecule has 98 valence electrons. The molecule has 1 rings (SSSR count). The SMILES string of the molecule is COC(CNC(=O)c1ccc(C)nc1)CC(=O)O. The maximum absolute atomic E-state index is 11.7. The second kappa shape index (κ2) is 6.70. The summed E-state index contributed by atoms with van der Waals surface area (Å²) in [5.74, 6) is -1.26. The van der Waals surface area contributed by atoms with Crippen molar-refractivity contribution >= 4 is 11.9 Å². The standard InChI is InChI=1S/C12H16N2O4/c1-8-3-4-9(6-13-8)12(17)14-7-10(18-2)5-11(15)16/h3-4,6,10H,5,7H2,1-2H3,(H,14,17)(H,15,16). The first-order valence-electron chi connectivity index (χ1n) is 5.48.